The summed E-state index contributed by atoms with van der Waals surface area (Å²) in [5.74, 6) is -0.335. The number of carbonyl (C=O) groups is 1. The highest BCUT2D eigenvalue weighted by molar-refractivity contribution is 5.95. The summed E-state index contributed by atoms with van der Waals surface area (Å²) >= 11 is 0. The summed E-state index contributed by atoms with van der Waals surface area (Å²) in [6, 6.07) is 5.29. The number of benzene rings is 1. The van der Waals surface area contributed by atoms with Gasteiger partial charge in [0.2, 0.25) is 5.91 Å². The number of anilines is 1. The second-order valence-electron chi connectivity index (χ2n) is 4.25. The SMILES string of the molecule is Cl.O=C(Nc1cccc(OC(F)F)c1)C1CC(O)CN1. The molecule has 8 heteroatoms. The van der Waals surface area contributed by atoms with Gasteiger partial charge in [0, 0.05) is 18.3 Å². The molecule has 2 atom stereocenters. The minimum Gasteiger partial charge on any atom is -0.435 e. The van der Waals surface area contributed by atoms with Crippen LogP contribution in [0.5, 0.6) is 5.75 Å². The molecule has 1 aromatic rings. The van der Waals surface area contributed by atoms with E-state index in [1.165, 1.54) is 18.2 Å². The molecule has 1 aliphatic heterocycles. The van der Waals surface area contributed by atoms with Crippen LogP contribution in [0, 0.1) is 0 Å². The average molecular weight is 309 g/mol. The van der Waals surface area contributed by atoms with E-state index < -0.39 is 18.8 Å². The van der Waals surface area contributed by atoms with Crippen molar-refractivity contribution in [2.45, 2.75) is 25.2 Å². The van der Waals surface area contributed by atoms with Gasteiger partial charge >= 0.3 is 6.61 Å². The van der Waals surface area contributed by atoms with Crippen LogP contribution in [0.1, 0.15) is 6.42 Å². The minimum absolute atomic E-state index is 0. The highest BCUT2D eigenvalue weighted by Gasteiger charge is 2.27. The van der Waals surface area contributed by atoms with Crippen molar-refractivity contribution in [3.8, 4) is 5.75 Å². The number of β-amino-alcohol motifs (C(OH)–C–C–N with tert-alkyl or cyclic N) is 1. The van der Waals surface area contributed by atoms with E-state index in [2.05, 4.69) is 15.4 Å². The Kier molecular flexibility index (Phi) is 6.12. The molecule has 5 nitrogen and oxygen atoms in total. The second kappa shape index (κ2) is 7.37. The van der Waals surface area contributed by atoms with E-state index in [-0.39, 0.29) is 24.1 Å². The lowest BCUT2D eigenvalue weighted by atomic mass is 10.2. The van der Waals surface area contributed by atoms with Crippen molar-refractivity contribution in [2.75, 3.05) is 11.9 Å². The van der Waals surface area contributed by atoms with E-state index in [9.17, 15) is 18.7 Å². The van der Waals surface area contributed by atoms with Crippen molar-refractivity contribution in [1.29, 1.82) is 0 Å². The van der Waals surface area contributed by atoms with Gasteiger partial charge in [-0.15, -0.1) is 12.4 Å². The minimum atomic E-state index is -2.91. The van der Waals surface area contributed by atoms with Gasteiger partial charge in [-0.05, 0) is 18.6 Å². The molecule has 0 bridgehead atoms. The fourth-order valence-corrected chi connectivity index (χ4v) is 1.90. The van der Waals surface area contributed by atoms with E-state index >= 15 is 0 Å². The molecule has 1 aliphatic rings. The topological polar surface area (TPSA) is 70.6 Å². The Hall–Kier alpha value is -1.44. The summed E-state index contributed by atoms with van der Waals surface area (Å²) in [6.07, 6.45) is -0.205. The summed E-state index contributed by atoms with van der Waals surface area (Å²) < 4.78 is 28.4. The van der Waals surface area contributed by atoms with Crippen molar-refractivity contribution < 1.29 is 23.4 Å². The monoisotopic (exact) mass is 308 g/mol. The normalized spacial score (nSPS) is 21.4. The zero-order chi connectivity index (χ0) is 13.8. The molecule has 1 heterocycles. The predicted octanol–water partition coefficient (Wildman–Crippen LogP) is 1.37. The Morgan fingerprint density at radius 1 is 1.50 bits per heavy atom. The first-order valence-electron chi connectivity index (χ1n) is 5.82. The molecule has 20 heavy (non-hydrogen) atoms. The molecule has 2 rings (SSSR count). The van der Waals surface area contributed by atoms with E-state index in [1.807, 2.05) is 0 Å². The third-order valence-electron chi connectivity index (χ3n) is 2.75. The van der Waals surface area contributed by atoms with Crippen molar-refractivity contribution >= 4 is 24.0 Å². The Labute approximate surface area is 120 Å². The lowest BCUT2D eigenvalue weighted by molar-refractivity contribution is -0.117. The summed E-state index contributed by atoms with van der Waals surface area (Å²) in [6.45, 7) is -2.54. The fraction of sp³-hybridized carbons (Fsp3) is 0.417. The van der Waals surface area contributed by atoms with Gasteiger partial charge in [0.1, 0.15) is 5.75 Å². The standard InChI is InChI=1S/C12H14F2N2O3.ClH/c13-12(14)19-9-3-1-2-7(4-9)16-11(18)10-5-8(17)6-15-10;/h1-4,8,10,12,15,17H,5-6H2,(H,16,18);1H. The van der Waals surface area contributed by atoms with E-state index in [0.717, 1.165) is 0 Å². The Bertz CT molecular complexity index is 462. The maximum atomic E-state index is 12.1. The van der Waals surface area contributed by atoms with Crippen molar-refractivity contribution in [2.24, 2.45) is 0 Å². The van der Waals surface area contributed by atoms with E-state index in [0.29, 0.717) is 18.7 Å². The highest BCUT2D eigenvalue weighted by atomic mass is 35.5. The number of rotatable bonds is 4. The van der Waals surface area contributed by atoms with Crippen LogP contribution < -0.4 is 15.4 Å². The van der Waals surface area contributed by atoms with Crippen LogP contribution >= 0.6 is 12.4 Å². The smallest absolute Gasteiger partial charge is 0.387 e. The number of halogens is 3. The maximum Gasteiger partial charge on any atom is 0.387 e. The van der Waals surface area contributed by atoms with Crippen molar-refractivity contribution in [3.63, 3.8) is 0 Å². The number of aliphatic hydroxyl groups is 1. The van der Waals surface area contributed by atoms with Gasteiger partial charge in [-0.2, -0.15) is 8.78 Å². The highest BCUT2D eigenvalue weighted by Crippen LogP contribution is 2.20. The third-order valence-corrected chi connectivity index (χ3v) is 2.75. The molecular formula is C12H15ClF2N2O3. The van der Waals surface area contributed by atoms with Crippen LogP contribution in [0.3, 0.4) is 0 Å². The Morgan fingerprint density at radius 3 is 2.85 bits per heavy atom. The van der Waals surface area contributed by atoms with Gasteiger partial charge in [-0.3, -0.25) is 4.79 Å². The van der Waals surface area contributed by atoms with Crippen molar-refractivity contribution in [3.05, 3.63) is 24.3 Å². The van der Waals surface area contributed by atoms with E-state index in [1.54, 1.807) is 6.07 Å². The van der Waals surface area contributed by atoms with Crippen LogP contribution in [0.2, 0.25) is 0 Å². The molecule has 2 unspecified atom stereocenters. The second-order valence-corrected chi connectivity index (χ2v) is 4.25. The first kappa shape index (κ1) is 16.6. The fourth-order valence-electron chi connectivity index (χ4n) is 1.90. The number of hydrogen-bond donors (Lipinski definition) is 3. The molecule has 1 saturated heterocycles. The van der Waals surface area contributed by atoms with E-state index in [4.69, 9.17) is 0 Å². The predicted molar refractivity (Wildman–Crippen MR) is 71.4 cm³/mol. The molecule has 1 aromatic carbocycles. The molecule has 3 N–H and O–H groups in total. The number of amides is 1. The molecular weight excluding hydrogens is 294 g/mol. The molecule has 112 valence electrons. The summed E-state index contributed by atoms with van der Waals surface area (Å²) in [5, 5.41) is 14.8. The number of carbonyl (C=O) groups excluding carboxylic acids is 1. The Balaban J connectivity index is 0.00000200. The number of aliphatic hydroxyl groups excluding tert-OH is 1. The Morgan fingerprint density at radius 2 is 2.25 bits per heavy atom. The zero-order valence-electron chi connectivity index (χ0n) is 10.4. The summed E-state index contributed by atoms with van der Waals surface area (Å²) in [7, 11) is 0. The van der Waals surface area contributed by atoms with Gasteiger partial charge in [0.25, 0.3) is 0 Å². The van der Waals surface area contributed by atoms with Crippen LogP contribution in [-0.2, 0) is 4.79 Å². The third kappa shape index (κ3) is 4.59. The number of hydrogen-bond acceptors (Lipinski definition) is 4. The van der Waals surface area contributed by atoms with Crippen LogP contribution in [0.25, 0.3) is 0 Å². The summed E-state index contributed by atoms with van der Waals surface area (Å²) in [5.41, 5.74) is 0.367. The number of alkyl halides is 2. The zero-order valence-corrected chi connectivity index (χ0v) is 11.2. The first-order chi connectivity index (χ1) is 9.04. The molecule has 1 fully saturated rings. The van der Waals surface area contributed by atoms with Gasteiger partial charge < -0.3 is 20.5 Å². The molecule has 0 aliphatic carbocycles. The largest absolute Gasteiger partial charge is 0.435 e. The maximum absolute atomic E-state index is 12.1. The first-order valence-corrected chi connectivity index (χ1v) is 5.82. The number of ether oxygens (including phenoxy) is 1. The lowest BCUT2D eigenvalue weighted by Crippen LogP contribution is -2.35. The van der Waals surface area contributed by atoms with Crippen molar-refractivity contribution in [1.82, 2.24) is 5.32 Å². The van der Waals surface area contributed by atoms with Crippen LogP contribution in [0.15, 0.2) is 24.3 Å². The molecule has 0 aromatic heterocycles. The summed E-state index contributed by atoms with van der Waals surface area (Å²) in [4.78, 5) is 11.8. The lowest BCUT2D eigenvalue weighted by Gasteiger charge is -2.12. The van der Waals surface area contributed by atoms with Gasteiger partial charge in [0.15, 0.2) is 0 Å². The van der Waals surface area contributed by atoms with Gasteiger partial charge in [0.05, 0.1) is 12.1 Å². The average Bonchev–Trinajstić information content (AvgIpc) is 2.75. The molecule has 1 amide bonds. The van der Waals surface area contributed by atoms with Crippen LogP contribution in [0.4, 0.5) is 14.5 Å². The number of nitrogens with one attached hydrogen (secondary N) is 2. The van der Waals surface area contributed by atoms with Gasteiger partial charge in [-0.25, -0.2) is 0 Å². The van der Waals surface area contributed by atoms with Gasteiger partial charge in [-0.1, -0.05) is 6.07 Å². The quantitative estimate of drug-likeness (QED) is 0.786. The molecule has 0 radical (unpaired) electrons. The molecule has 0 spiro atoms. The van der Waals surface area contributed by atoms with Crippen LogP contribution in [-0.4, -0.2) is 36.3 Å². The molecule has 0 saturated carbocycles.